The van der Waals surface area contributed by atoms with Gasteiger partial charge in [-0.25, -0.2) is 0 Å². The van der Waals surface area contributed by atoms with Crippen LogP contribution in [0.2, 0.25) is 0 Å². The third kappa shape index (κ3) is 4.17. The Bertz CT molecular complexity index is 1120. The van der Waals surface area contributed by atoms with E-state index in [2.05, 4.69) is 41.3 Å². The maximum Gasteiger partial charge on any atom is 0.229 e. The van der Waals surface area contributed by atoms with E-state index in [0.29, 0.717) is 5.69 Å². The fourth-order valence-corrected chi connectivity index (χ4v) is 3.72. The van der Waals surface area contributed by atoms with Crippen LogP contribution in [-0.2, 0) is 17.8 Å². The average molecular weight is 390 g/mol. The summed E-state index contributed by atoms with van der Waals surface area (Å²) in [5.41, 5.74) is 2.41. The van der Waals surface area contributed by atoms with Crippen molar-refractivity contribution in [1.82, 2.24) is 14.7 Å². The van der Waals surface area contributed by atoms with Crippen molar-refractivity contribution >= 4 is 33.3 Å². The Morgan fingerprint density at radius 3 is 2.83 bits per heavy atom. The zero-order chi connectivity index (χ0) is 20.2. The van der Waals surface area contributed by atoms with Crippen molar-refractivity contribution in [3.8, 4) is 0 Å². The van der Waals surface area contributed by atoms with Crippen LogP contribution in [0.25, 0.3) is 21.7 Å². The first-order valence-corrected chi connectivity index (χ1v) is 10.1. The minimum absolute atomic E-state index is 0.0797. The summed E-state index contributed by atoms with van der Waals surface area (Å²) in [6.07, 6.45) is 5.52. The Morgan fingerprint density at radius 1 is 1.17 bits per heavy atom. The summed E-state index contributed by atoms with van der Waals surface area (Å²) in [5.74, 6) is -0.0797. The van der Waals surface area contributed by atoms with Crippen LogP contribution in [0.1, 0.15) is 19.4 Å². The fourth-order valence-electron chi connectivity index (χ4n) is 3.72. The maximum absolute atomic E-state index is 12.6. The van der Waals surface area contributed by atoms with Gasteiger partial charge in [0.15, 0.2) is 0 Å². The van der Waals surface area contributed by atoms with Gasteiger partial charge in [0.2, 0.25) is 5.91 Å². The van der Waals surface area contributed by atoms with Gasteiger partial charge >= 0.3 is 0 Å². The molecule has 1 N–H and O–H groups in total. The van der Waals surface area contributed by atoms with Gasteiger partial charge in [-0.05, 0) is 29.9 Å². The zero-order valence-electron chi connectivity index (χ0n) is 16.9. The second-order valence-corrected chi connectivity index (χ2v) is 7.16. The van der Waals surface area contributed by atoms with Gasteiger partial charge in [0.25, 0.3) is 0 Å². The predicted octanol–water partition coefficient (Wildman–Crippen LogP) is 4.31. The van der Waals surface area contributed by atoms with Gasteiger partial charge in [-0.15, -0.1) is 0 Å². The first kappa shape index (κ1) is 19.2. The van der Waals surface area contributed by atoms with Gasteiger partial charge in [0.05, 0.1) is 31.1 Å². The molecule has 2 heterocycles. The molecule has 0 saturated heterocycles. The second kappa shape index (κ2) is 8.49. The minimum atomic E-state index is -0.0797. The molecule has 6 nitrogen and oxygen atoms in total. The van der Waals surface area contributed by atoms with Crippen LogP contribution in [0.15, 0.2) is 59.5 Å². The van der Waals surface area contributed by atoms with Crippen molar-refractivity contribution in [2.45, 2.75) is 26.8 Å². The number of furan rings is 1. The van der Waals surface area contributed by atoms with E-state index in [1.807, 2.05) is 35.1 Å². The lowest BCUT2D eigenvalue weighted by molar-refractivity contribution is -0.115. The predicted molar refractivity (Wildman–Crippen MR) is 116 cm³/mol. The Labute approximate surface area is 170 Å². The van der Waals surface area contributed by atoms with Gasteiger partial charge in [-0.3, -0.25) is 9.48 Å². The Morgan fingerprint density at radius 2 is 2.00 bits per heavy atom. The highest BCUT2D eigenvalue weighted by Gasteiger charge is 2.14. The third-order valence-electron chi connectivity index (χ3n) is 5.35. The van der Waals surface area contributed by atoms with Crippen LogP contribution in [-0.4, -0.2) is 40.2 Å². The van der Waals surface area contributed by atoms with Crippen molar-refractivity contribution in [2.75, 3.05) is 25.0 Å². The van der Waals surface area contributed by atoms with Crippen LogP contribution < -0.4 is 5.32 Å². The number of rotatable bonds is 8. The molecule has 6 heteroatoms. The van der Waals surface area contributed by atoms with Gasteiger partial charge in [0, 0.05) is 23.7 Å². The number of carbonyl (C=O) groups excluding carboxylic acids is 1. The molecule has 1 amide bonds. The zero-order valence-corrected chi connectivity index (χ0v) is 16.9. The lowest BCUT2D eigenvalue weighted by atomic mass is 10.0. The number of hydrogen-bond donors (Lipinski definition) is 1. The van der Waals surface area contributed by atoms with E-state index in [0.717, 1.165) is 53.5 Å². The molecule has 29 heavy (non-hydrogen) atoms. The molecular formula is C23H26N4O2. The molecule has 0 spiro atoms. The van der Waals surface area contributed by atoms with E-state index in [-0.39, 0.29) is 12.3 Å². The Balaban J connectivity index is 1.45. The van der Waals surface area contributed by atoms with Crippen LogP contribution in [0.4, 0.5) is 5.69 Å². The molecule has 0 aliphatic rings. The van der Waals surface area contributed by atoms with Crippen LogP contribution in [0.5, 0.6) is 0 Å². The highest BCUT2D eigenvalue weighted by Crippen LogP contribution is 2.30. The van der Waals surface area contributed by atoms with Crippen molar-refractivity contribution in [3.63, 3.8) is 0 Å². The molecule has 0 radical (unpaired) electrons. The topological polar surface area (TPSA) is 63.3 Å². The van der Waals surface area contributed by atoms with Crippen LogP contribution >= 0.6 is 0 Å². The molecule has 2 aromatic carbocycles. The number of aromatic nitrogens is 2. The molecule has 0 saturated carbocycles. The Hall–Kier alpha value is -3.12. The third-order valence-corrected chi connectivity index (χ3v) is 5.35. The number of nitrogens with one attached hydrogen (secondary N) is 1. The van der Waals surface area contributed by atoms with E-state index >= 15 is 0 Å². The number of fused-ring (bicyclic) bond motifs is 3. The van der Waals surface area contributed by atoms with E-state index in [9.17, 15) is 4.79 Å². The highest BCUT2D eigenvalue weighted by atomic mass is 16.3. The maximum atomic E-state index is 12.6. The van der Waals surface area contributed by atoms with Crippen molar-refractivity contribution in [1.29, 1.82) is 0 Å². The number of carbonyl (C=O) groups is 1. The van der Waals surface area contributed by atoms with E-state index in [1.165, 1.54) is 0 Å². The fraction of sp³-hybridized carbons (Fsp3) is 0.304. The van der Waals surface area contributed by atoms with Crippen molar-refractivity contribution in [2.24, 2.45) is 0 Å². The number of nitrogens with zero attached hydrogens (tertiary/aromatic N) is 3. The number of amides is 1. The van der Waals surface area contributed by atoms with Crippen LogP contribution in [0.3, 0.4) is 0 Å². The van der Waals surface area contributed by atoms with Gasteiger partial charge < -0.3 is 14.6 Å². The van der Waals surface area contributed by atoms with E-state index in [1.54, 1.807) is 12.5 Å². The first-order valence-electron chi connectivity index (χ1n) is 10.1. The number of anilines is 1. The number of hydrogen-bond acceptors (Lipinski definition) is 4. The molecule has 0 unspecified atom stereocenters. The van der Waals surface area contributed by atoms with Crippen molar-refractivity contribution in [3.05, 3.63) is 60.6 Å². The van der Waals surface area contributed by atoms with Gasteiger partial charge in [0.1, 0.15) is 5.58 Å². The summed E-state index contributed by atoms with van der Waals surface area (Å²) >= 11 is 0. The SMILES string of the molecule is CCN(CC)CCn1cc(NC(=O)Cc2coc3ccc4ccccc4c23)cn1. The number of benzene rings is 2. The molecule has 0 aliphatic heterocycles. The normalized spacial score (nSPS) is 11.6. The van der Waals surface area contributed by atoms with Gasteiger partial charge in [-0.2, -0.15) is 5.10 Å². The molecule has 0 atom stereocenters. The minimum Gasteiger partial charge on any atom is -0.464 e. The van der Waals surface area contributed by atoms with Crippen LogP contribution in [0, 0.1) is 0 Å². The number of likely N-dealkylation sites (N-methyl/N-ethyl adjacent to an activating group) is 1. The Kier molecular flexibility index (Phi) is 5.62. The van der Waals surface area contributed by atoms with E-state index in [4.69, 9.17) is 4.42 Å². The summed E-state index contributed by atoms with van der Waals surface area (Å²) in [6, 6.07) is 12.1. The first-order chi connectivity index (χ1) is 14.2. The molecule has 150 valence electrons. The van der Waals surface area contributed by atoms with Gasteiger partial charge in [-0.1, -0.05) is 44.2 Å². The molecular weight excluding hydrogens is 364 g/mol. The molecule has 4 aromatic rings. The van der Waals surface area contributed by atoms with E-state index < -0.39 is 0 Å². The monoisotopic (exact) mass is 390 g/mol. The lowest BCUT2D eigenvalue weighted by Crippen LogP contribution is -2.27. The second-order valence-electron chi connectivity index (χ2n) is 7.16. The lowest BCUT2D eigenvalue weighted by Gasteiger charge is -2.17. The summed E-state index contributed by atoms with van der Waals surface area (Å²) in [5, 5.41) is 10.6. The molecule has 0 aliphatic carbocycles. The molecule has 2 aromatic heterocycles. The molecule has 0 bridgehead atoms. The smallest absolute Gasteiger partial charge is 0.229 e. The highest BCUT2D eigenvalue weighted by molar-refractivity contribution is 6.09. The van der Waals surface area contributed by atoms with Crippen molar-refractivity contribution < 1.29 is 9.21 Å². The summed E-state index contributed by atoms with van der Waals surface area (Å²) in [7, 11) is 0. The largest absolute Gasteiger partial charge is 0.464 e. The quantitative estimate of drug-likeness (QED) is 0.487. The summed E-state index contributed by atoms with van der Waals surface area (Å²) < 4.78 is 7.56. The summed E-state index contributed by atoms with van der Waals surface area (Å²) in [6.45, 7) is 8.09. The molecule has 0 fully saturated rings. The summed E-state index contributed by atoms with van der Waals surface area (Å²) in [4.78, 5) is 15.0. The average Bonchev–Trinajstić information content (AvgIpc) is 3.36. The molecule has 4 rings (SSSR count). The standard InChI is InChI=1S/C23H26N4O2/c1-3-26(4-2)11-12-27-15-19(14-24-27)25-22(28)13-18-16-29-21-10-9-17-7-5-6-8-20(17)23(18)21/h5-10,14-16H,3-4,11-13H2,1-2H3,(H,25,28).